The van der Waals surface area contributed by atoms with E-state index in [1.807, 2.05) is 0 Å². The number of hydrogen-bond acceptors (Lipinski definition) is 10. The van der Waals surface area contributed by atoms with Gasteiger partial charge in [0.15, 0.2) is 0 Å². The first-order valence-electron chi connectivity index (χ1n) is 11.8. The fraction of sp³-hybridized carbons (Fsp3) is 0.417. The molecule has 1 N–H and O–H groups in total. The first-order valence-corrected chi connectivity index (χ1v) is 13.0. The molecule has 2 saturated heterocycles. The van der Waals surface area contributed by atoms with E-state index in [2.05, 4.69) is 5.32 Å². The molecule has 11 nitrogen and oxygen atoms in total. The Morgan fingerprint density at radius 2 is 2.14 bits per heavy atom. The largest absolute Gasteiger partial charge is 0.466 e. The molecule has 0 saturated carbocycles. The second kappa shape index (κ2) is 11.8. The number of anilines is 1. The van der Waals surface area contributed by atoms with Crippen LogP contribution in [0.5, 0.6) is 0 Å². The number of rotatable bonds is 9. The van der Waals surface area contributed by atoms with Crippen molar-refractivity contribution in [2.75, 3.05) is 44.9 Å². The maximum absolute atomic E-state index is 13.6. The van der Waals surface area contributed by atoms with Crippen LogP contribution >= 0.6 is 24.0 Å². The molecule has 2 fully saturated rings. The second-order valence-corrected chi connectivity index (χ2v) is 9.95. The SMILES string of the molecule is CCOC(=O)CC1C(=O)NCCN1c1nc2ccccn2c(=O)c1/C=C1\SC(=S)N(CCCOC)C1=O. The lowest BCUT2D eigenvalue weighted by molar-refractivity contribution is -0.145. The number of fused-ring (bicyclic) bond motifs is 1. The van der Waals surface area contributed by atoms with Gasteiger partial charge in [-0.3, -0.25) is 28.5 Å². The molecular weight excluding hydrogens is 518 g/mol. The number of thiocarbonyl (C=S) groups is 1. The van der Waals surface area contributed by atoms with Crippen LogP contribution < -0.4 is 15.8 Å². The Bertz CT molecular complexity index is 1330. The maximum Gasteiger partial charge on any atom is 0.308 e. The Kier molecular flexibility index (Phi) is 8.56. The number of carbonyl (C=O) groups is 3. The summed E-state index contributed by atoms with van der Waals surface area (Å²) >= 11 is 6.51. The number of hydrogen-bond donors (Lipinski definition) is 1. The Labute approximate surface area is 222 Å². The lowest BCUT2D eigenvalue weighted by Crippen LogP contribution is -2.57. The van der Waals surface area contributed by atoms with Gasteiger partial charge in [-0.2, -0.15) is 0 Å². The third kappa shape index (κ3) is 5.68. The normalized spacial score (nSPS) is 19.1. The summed E-state index contributed by atoms with van der Waals surface area (Å²) in [6.45, 7) is 3.35. The van der Waals surface area contributed by atoms with Crippen LogP contribution in [-0.2, 0) is 23.9 Å². The van der Waals surface area contributed by atoms with E-state index in [1.165, 1.54) is 15.4 Å². The molecule has 0 radical (unpaired) electrons. The predicted octanol–water partition coefficient (Wildman–Crippen LogP) is 1.19. The fourth-order valence-electron chi connectivity index (χ4n) is 4.18. The van der Waals surface area contributed by atoms with Crippen molar-refractivity contribution >= 4 is 63.6 Å². The van der Waals surface area contributed by atoms with E-state index in [-0.39, 0.29) is 41.1 Å². The number of esters is 1. The van der Waals surface area contributed by atoms with Crippen LogP contribution in [0.3, 0.4) is 0 Å². The van der Waals surface area contributed by atoms with E-state index < -0.39 is 17.6 Å². The number of pyridine rings is 1. The molecule has 0 aliphatic carbocycles. The quantitative estimate of drug-likeness (QED) is 0.213. The molecule has 2 aromatic heterocycles. The molecule has 2 amide bonds. The third-order valence-corrected chi connectivity index (χ3v) is 7.27. The number of piperazine rings is 1. The van der Waals surface area contributed by atoms with Crippen molar-refractivity contribution in [1.29, 1.82) is 0 Å². The van der Waals surface area contributed by atoms with Gasteiger partial charge in [-0.05, 0) is 31.6 Å². The van der Waals surface area contributed by atoms with Gasteiger partial charge in [0.2, 0.25) is 5.91 Å². The third-order valence-electron chi connectivity index (χ3n) is 5.90. The van der Waals surface area contributed by atoms with Crippen molar-refractivity contribution in [1.82, 2.24) is 19.6 Å². The number of ether oxygens (including phenoxy) is 2. The first-order chi connectivity index (χ1) is 17.8. The highest BCUT2D eigenvalue weighted by atomic mass is 32.2. The number of aromatic nitrogens is 2. The van der Waals surface area contributed by atoms with Crippen molar-refractivity contribution < 1.29 is 23.9 Å². The average Bonchev–Trinajstić information content (AvgIpc) is 3.14. The Morgan fingerprint density at radius 3 is 2.89 bits per heavy atom. The van der Waals surface area contributed by atoms with E-state index in [1.54, 1.807) is 43.3 Å². The van der Waals surface area contributed by atoms with Gasteiger partial charge < -0.3 is 19.7 Å². The zero-order chi connectivity index (χ0) is 26.5. The molecule has 4 rings (SSSR count). The van der Waals surface area contributed by atoms with Crippen molar-refractivity contribution in [3.63, 3.8) is 0 Å². The molecule has 0 aromatic carbocycles. The van der Waals surface area contributed by atoms with Gasteiger partial charge >= 0.3 is 5.97 Å². The molecule has 4 heterocycles. The molecule has 2 aliphatic heterocycles. The Hall–Kier alpha value is -3.29. The van der Waals surface area contributed by atoms with E-state index in [0.717, 1.165) is 11.8 Å². The number of amides is 2. The molecule has 13 heteroatoms. The van der Waals surface area contributed by atoms with Gasteiger partial charge in [-0.1, -0.05) is 30.0 Å². The minimum absolute atomic E-state index is 0.129. The molecule has 1 atom stereocenters. The topological polar surface area (TPSA) is 123 Å². The molecule has 0 bridgehead atoms. The lowest BCUT2D eigenvalue weighted by Gasteiger charge is -2.36. The summed E-state index contributed by atoms with van der Waals surface area (Å²) in [5.41, 5.74) is 0.0865. The van der Waals surface area contributed by atoms with Crippen LogP contribution in [0.4, 0.5) is 5.82 Å². The van der Waals surface area contributed by atoms with Crippen molar-refractivity contribution in [2.45, 2.75) is 25.8 Å². The minimum Gasteiger partial charge on any atom is -0.466 e. The second-order valence-electron chi connectivity index (χ2n) is 8.27. The average molecular weight is 546 g/mol. The number of nitrogens with zero attached hydrogens (tertiary/aromatic N) is 4. The van der Waals surface area contributed by atoms with E-state index in [0.29, 0.717) is 42.6 Å². The summed E-state index contributed by atoms with van der Waals surface area (Å²) < 4.78 is 11.9. The molecule has 37 heavy (non-hydrogen) atoms. The summed E-state index contributed by atoms with van der Waals surface area (Å²) in [6.07, 6.45) is 3.46. The van der Waals surface area contributed by atoms with Gasteiger partial charge in [0, 0.05) is 39.5 Å². The van der Waals surface area contributed by atoms with Crippen LogP contribution in [0.15, 0.2) is 34.1 Å². The maximum atomic E-state index is 13.6. The highest BCUT2D eigenvalue weighted by Gasteiger charge is 2.36. The zero-order valence-corrected chi connectivity index (χ0v) is 22.1. The summed E-state index contributed by atoms with van der Waals surface area (Å²) in [5, 5.41) is 2.76. The molecular formula is C24H27N5O6S2. The van der Waals surface area contributed by atoms with Crippen LogP contribution in [0.2, 0.25) is 0 Å². The number of carbonyl (C=O) groups excluding carboxylic acids is 3. The van der Waals surface area contributed by atoms with Gasteiger partial charge in [-0.15, -0.1) is 0 Å². The number of methoxy groups -OCH3 is 1. The van der Waals surface area contributed by atoms with Gasteiger partial charge in [-0.25, -0.2) is 4.98 Å². The fourth-order valence-corrected chi connectivity index (χ4v) is 5.47. The summed E-state index contributed by atoms with van der Waals surface area (Å²) in [4.78, 5) is 60.0. The molecule has 2 aliphatic rings. The number of nitrogens with one attached hydrogen (secondary N) is 1. The van der Waals surface area contributed by atoms with Gasteiger partial charge in [0.25, 0.3) is 11.5 Å². The molecule has 2 aromatic rings. The van der Waals surface area contributed by atoms with Crippen LogP contribution in [0.25, 0.3) is 11.7 Å². The van der Waals surface area contributed by atoms with Crippen LogP contribution in [0.1, 0.15) is 25.3 Å². The van der Waals surface area contributed by atoms with Crippen molar-refractivity contribution in [3.05, 3.63) is 45.2 Å². The highest BCUT2D eigenvalue weighted by molar-refractivity contribution is 8.26. The summed E-state index contributed by atoms with van der Waals surface area (Å²) in [6, 6.07) is 4.19. The van der Waals surface area contributed by atoms with Gasteiger partial charge in [0.05, 0.1) is 23.5 Å². The van der Waals surface area contributed by atoms with Crippen LogP contribution in [-0.4, -0.2) is 82.4 Å². The predicted molar refractivity (Wildman–Crippen MR) is 143 cm³/mol. The van der Waals surface area contributed by atoms with Gasteiger partial charge in [0.1, 0.15) is 21.8 Å². The van der Waals surface area contributed by atoms with Crippen molar-refractivity contribution in [2.24, 2.45) is 0 Å². The van der Waals surface area contributed by atoms with E-state index >= 15 is 0 Å². The summed E-state index contributed by atoms with van der Waals surface area (Å²) in [7, 11) is 1.59. The zero-order valence-electron chi connectivity index (χ0n) is 20.5. The van der Waals surface area contributed by atoms with E-state index in [9.17, 15) is 19.2 Å². The lowest BCUT2D eigenvalue weighted by atomic mass is 10.1. The first kappa shape index (κ1) is 26.8. The monoisotopic (exact) mass is 545 g/mol. The smallest absolute Gasteiger partial charge is 0.308 e. The number of thioether (sulfide) groups is 1. The molecule has 0 spiro atoms. The minimum atomic E-state index is -0.929. The van der Waals surface area contributed by atoms with Crippen LogP contribution in [0, 0.1) is 0 Å². The van der Waals surface area contributed by atoms with Crippen molar-refractivity contribution in [3.8, 4) is 0 Å². The Morgan fingerprint density at radius 1 is 1.32 bits per heavy atom. The Balaban J connectivity index is 1.80. The summed E-state index contributed by atoms with van der Waals surface area (Å²) in [5.74, 6) is -1.01. The van der Waals surface area contributed by atoms with E-state index in [4.69, 9.17) is 26.7 Å². The molecule has 1 unspecified atom stereocenters. The standard InChI is InChI=1S/C24H27N5O6S2/c1-3-35-19(30)14-16-21(31)25-8-11-27(16)20-15(22(32)28-9-5-4-7-18(28)26-20)13-17-23(33)29(24(36)37-17)10-6-12-34-2/h4-5,7,9,13,16H,3,6,8,10-12,14H2,1-2H3,(H,25,31)/b17-13-. The highest BCUT2D eigenvalue weighted by Crippen LogP contribution is 2.34. The molecule has 196 valence electrons.